The zero-order valence-corrected chi connectivity index (χ0v) is 17.6. The quantitative estimate of drug-likeness (QED) is 0.361. The molecular formula is C18H18Cl3N3O2S. The van der Waals surface area contributed by atoms with Crippen LogP contribution in [0.1, 0.15) is 15.9 Å². The third kappa shape index (κ3) is 6.43. The number of ether oxygens (including phenoxy) is 1. The molecule has 0 aliphatic carbocycles. The molecule has 0 aliphatic heterocycles. The summed E-state index contributed by atoms with van der Waals surface area (Å²) in [6.07, 6.45) is -1.05. The molecule has 0 spiro atoms. The molecule has 0 fully saturated rings. The van der Waals surface area contributed by atoms with Crippen molar-refractivity contribution in [1.29, 1.82) is 0 Å². The number of alkyl halides is 3. The molecule has 2 aromatic carbocycles. The molecule has 0 saturated heterocycles. The molecule has 0 aliphatic rings. The van der Waals surface area contributed by atoms with Crippen molar-refractivity contribution in [2.45, 2.75) is 16.9 Å². The van der Waals surface area contributed by atoms with Crippen LogP contribution < -0.4 is 20.7 Å². The summed E-state index contributed by atoms with van der Waals surface area (Å²) < 4.78 is 3.27. The predicted molar refractivity (Wildman–Crippen MR) is 115 cm³/mol. The van der Waals surface area contributed by atoms with E-state index in [1.54, 1.807) is 43.5 Å². The number of halogens is 3. The lowest BCUT2D eigenvalue weighted by Gasteiger charge is -2.28. The molecule has 2 aromatic rings. The van der Waals surface area contributed by atoms with E-state index in [0.717, 1.165) is 5.56 Å². The highest BCUT2D eigenvalue weighted by atomic mass is 35.6. The van der Waals surface area contributed by atoms with Crippen LogP contribution in [0.5, 0.6) is 5.75 Å². The van der Waals surface area contributed by atoms with Crippen LogP contribution in [-0.4, -0.2) is 28.1 Å². The van der Waals surface area contributed by atoms with Crippen molar-refractivity contribution in [3.05, 3.63) is 59.7 Å². The van der Waals surface area contributed by atoms with E-state index >= 15 is 0 Å². The SMILES string of the molecule is COc1ccc(NC(=S)N[C@@H](NC(=O)c2ccccc2C)C(Cl)(Cl)Cl)cc1. The average molecular weight is 447 g/mol. The van der Waals surface area contributed by atoms with E-state index in [-0.39, 0.29) is 11.0 Å². The van der Waals surface area contributed by atoms with Gasteiger partial charge in [-0.15, -0.1) is 0 Å². The second-order valence-electron chi connectivity index (χ2n) is 5.59. The number of carbonyl (C=O) groups excluding carboxylic acids is 1. The lowest BCUT2D eigenvalue weighted by atomic mass is 10.1. The summed E-state index contributed by atoms with van der Waals surface area (Å²) >= 11 is 23.3. The van der Waals surface area contributed by atoms with Crippen LogP contribution in [0.4, 0.5) is 5.69 Å². The summed E-state index contributed by atoms with van der Waals surface area (Å²) in [4.78, 5) is 12.5. The highest BCUT2D eigenvalue weighted by molar-refractivity contribution is 7.80. The van der Waals surface area contributed by atoms with E-state index < -0.39 is 9.96 Å². The van der Waals surface area contributed by atoms with Crippen molar-refractivity contribution < 1.29 is 9.53 Å². The molecule has 0 heterocycles. The summed E-state index contributed by atoms with van der Waals surface area (Å²) in [6.45, 7) is 1.82. The highest BCUT2D eigenvalue weighted by Gasteiger charge is 2.35. The molecule has 0 saturated carbocycles. The largest absolute Gasteiger partial charge is 0.497 e. The predicted octanol–water partition coefficient (Wildman–Crippen LogP) is 4.42. The summed E-state index contributed by atoms with van der Waals surface area (Å²) in [7, 11) is 1.58. The number of amides is 1. The normalized spacial score (nSPS) is 12.0. The van der Waals surface area contributed by atoms with Crippen molar-refractivity contribution in [2.75, 3.05) is 12.4 Å². The number of benzene rings is 2. The number of aryl methyl sites for hydroxylation is 1. The molecule has 27 heavy (non-hydrogen) atoms. The third-order valence-electron chi connectivity index (χ3n) is 3.62. The van der Waals surface area contributed by atoms with E-state index in [1.165, 1.54) is 0 Å². The minimum absolute atomic E-state index is 0.182. The van der Waals surface area contributed by atoms with Gasteiger partial charge in [-0.25, -0.2) is 0 Å². The molecule has 0 bridgehead atoms. The zero-order valence-electron chi connectivity index (χ0n) is 14.6. The van der Waals surface area contributed by atoms with Crippen LogP contribution in [0, 0.1) is 6.92 Å². The third-order valence-corrected chi connectivity index (χ3v) is 4.49. The summed E-state index contributed by atoms with van der Waals surface area (Å²) in [5.41, 5.74) is 1.99. The van der Waals surface area contributed by atoms with Crippen molar-refractivity contribution in [3.8, 4) is 5.75 Å². The van der Waals surface area contributed by atoms with Crippen LogP contribution in [0.25, 0.3) is 0 Å². The Kier molecular flexibility index (Phi) is 7.56. The van der Waals surface area contributed by atoms with Gasteiger partial charge in [0.2, 0.25) is 3.79 Å². The Labute approximate surface area is 178 Å². The lowest BCUT2D eigenvalue weighted by molar-refractivity contribution is 0.0934. The molecule has 3 N–H and O–H groups in total. The second-order valence-corrected chi connectivity index (χ2v) is 8.37. The van der Waals surface area contributed by atoms with Crippen LogP contribution in [0.2, 0.25) is 0 Å². The number of methoxy groups -OCH3 is 1. The molecule has 1 amide bonds. The highest BCUT2D eigenvalue weighted by Crippen LogP contribution is 2.29. The smallest absolute Gasteiger partial charge is 0.253 e. The maximum Gasteiger partial charge on any atom is 0.253 e. The van der Waals surface area contributed by atoms with E-state index in [2.05, 4.69) is 16.0 Å². The Morgan fingerprint density at radius 2 is 1.70 bits per heavy atom. The number of thiocarbonyl (C=S) groups is 1. The van der Waals surface area contributed by atoms with Crippen molar-refractivity contribution in [3.63, 3.8) is 0 Å². The Morgan fingerprint density at radius 3 is 2.26 bits per heavy atom. The fraction of sp³-hybridized carbons (Fsp3) is 0.222. The first-order valence-corrected chi connectivity index (χ1v) is 9.39. The maximum absolute atomic E-state index is 12.5. The molecule has 0 unspecified atom stereocenters. The van der Waals surface area contributed by atoms with Gasteiger partial charge in [0.1, 0.15) is 11.9 Å². The van der Waals surface area contributed by atoms with E-state index in [9.17, 15) is 4.79 Å². The topological polar surface area (TPSA) is 62.4 Å². The average Bonchev–Trinajstić information content (AvgIpc) is 2.61. The first-order chi connectivity index (χ1) is 12.7. The summed E-state index contributed by atoms with van der Waals surface area (Å²) in [6, 6.07) is 14.2. The lowest BCUT2D eigenvalue weighted by Crippen LogP contribution is -2.56. The van der Waals surface area contributed by atoms with Crippen molar-refractivity contribution >= 4 is 63.7 Å². The van der Waals surface area contributed by atoms with Gasteiger partial charge in [-0.2, -0.15) is 0 Å². The van der Waals surface area contributed by atoms with Gasteiger partial charge in [0, 0.05) is 11.3 Å². The summed E-state index contributed by atoms with van der Waals surface area (Å²) in [5, 5.41) is 8.61. The maximum atomic E-state index is 12.5. The number of hydrogen-bond donors (Lipinski definition) is 3. The number of carbonyl (C=O) groups is 1. The van der Waals surface area contributed by atoms with Crippen LogP contribution in [0.15, 0.2) is 48.5 Å². The molecule has 0 aromatic heterocycles. The molecular weight excluding hydrogens is 429 g/mol. The van der Waals surface area contributed by atoms with Gasteiger partial charge in [-0.3, -0.25) is 4.79 Å². The molecule has 0 radical (unpaired) electrons. The fourth-order valence-corrected chi connectivity index (χ4v) is 2.77. The Morgan fingerprint density at radius 1 is 1.07 bits per heavy atom. The van der Waals surface area contributed by atoms with E-state index in [4.69, 9.17) is 51.8 Å². The van der Waals surface area contributed by atoms with Gasteiger partial charge < -0.3 is 20.7 Å². The van der Waals surface area contributed by atoms with Crippen molar-refractivity contribution in [2.24, 2.45) is 0 Å². The first kappa shape index (κ1) is 21.6. The van der Waals surface area contributed by atoms with E-state index in [1.807, 2.05) is 19.1 Å². The van der Waals surface area contributed by atoms with Gasteiger partial charge >= 0.3 is 0 Å². The minimum Gasteiger partial charge on any atom is -0.497 e. The molecule has 5 nitrogen and oxygen atoms in total. The number of anilines is 1. The zero-order chi connectivity index (χ0) is 20.0. The van der Waals surface area contributed by atoms with Crippen molar-refractivity contribution in [1.82, 2.24) is 10.6 Å². The first-order valence-electron chi connectivity index (χ1n) is 7.85. The monoisotopic (exact) mass is 445 g/mol. The van der Waals surface area contributed by atoms with Crippen LogP contribution in [-0.2, 0) is 0 Å². The van der Waals surface area contributed by atoms with Gasteiger partial charge in [0.05, 0.1) is 7.11 Å². The van der Waals surface area contributed by atoms with Gasteiger partial charge in [-0.1, -0.05) is 53.0 Å². The van der Waals surface area contributed by atoms with Crippen LogP contribution >= 0.6 is 47.0 Å². The molecule has 144 valence electrons. The van der Waals surface area contributed by atoms with Gasteiger partial charge in [0.25, 0.3) is 5.91 Å². The fourth-order valence-electron chi connectivity index (χ4n) is 2.21. The molecule has 2 rings (SSSR count). The summed E-state index contributed by atoms with van der Waals surface area (Å²) in [5.74, 6) is 0.327. The van der Waals surface area contributed by atoms with Gasteiger partial charge in [-0.05, 0) is 55.0 Å². The number of rotatable bonds is 5. The van der Waals surface area contributed by atoms with Crippen LogP contribution in [0.3, 0.4) is 0 Å². The minimum atomic E-state index is -1.83. The number of nitrogens with one attached hydrogen (secondary N) is 3. The Balaban J connectivity index is 2.06. The van der Waals surface area contributed by atoms with Gasteiger partial charge in [0.15, 0.2) is 5.11 Å². The standard InChI is InChI=1S/C18H18Cl3N3O2S/c1-11-5-3-4-6-14(11)15(25)23-16(18(19,20)21)24-17(27)22-12-7-9-13(26-2)10-8-12/h3-10,16H,1-2H3,(H,23,25)(H2,22,24,27)/t16-/m1/s1. The molecule has 1 atom stereocenters. The Hall–Kier alpha value is -1.73. The second kappa shape index (κ2) is 9.46. The Bertz CT molecular complexity index is 810. The molecule has 9 heteroatoms. The van der Waals surface area contributed by atoms with E-state index in [0.29, 0.717) is 17.0 Å². The number of hydrogen-bond acceptors (Lipinski definition) is 3.